The van der Waals surface area contributed by atoms with Crippen LogP contribution < -0.4 is 29.6 Å². The number of hydrogen-bond donors (Lipinski definition) is 2. The zero-order valence-corrected chi connectivity index (χ0v) is 15.2. The number of fused-ring (bicyclic) bond motifs is 2. The van der Waals surface area contributed by atoms with E-state index in [9.17, 15) is 0 Å². The fourth-order valence-electron chi connectivity index (χ4n) is 3.07. The number of nitrogens with zero attached hydrogens (tertiary/aromatic N) is 2. The summed E-state index contributed by atoms with van der Waals surface area (Å²) >= 11 is 0. The van der Waals surface area contributed by atoms with Crippen LogP contribution in [-0.2, 0) is 6.54 Å². The highest BCUT2D eigenvalue weighted by atomic mass is 16.7. The average molecular weight is 378 g/mol. The van der Waals surface area contributed by atoms with Gasteiger partial charge in [0.15, 0.2) is 23.0 Å². The maximum atomic E-state index is 5.42. The van der Waals surface area contributed by atoms with Crippen molar-refractivity contribution in [3.63, 3.8) is 0 Å². The lowest BCUT2D eigenvalue weighted by Crippen LogP contribution is -2.06. The van der Waals surface area contributed by atoms with Gasteiger partial charge >= 0.3 is 0 Å². The Morgan fingerprint density at radius 3 is 2.36 bits per heavy atom. The van der Waals surface area contributed by atoms with Gasteiger partial charge in [-0.3, -0.25) is 0 Å². The molecule has 8 nitrogen and oxygen atoms in total. The average Bonchev–Trinajstić information content (AvgIpc) is 3.34. The van der Waals surface area contributed by atoms with E-state index in [4.69, 9.17) is 18.9 Å². The van der Waals surface area contributed by atoms with Crippen molar-refractivity contribution in [2.24, 2.45) is 0 Å². The van der Waals surface area contributed by atoms with Crippen molar-refractivity contribution >= 4 is 17.5 Å². The molecule has 3 heterocycles. The number of aryl methyl sites for hydroxylation is 1. The van der Waals surface area contributed by atoms with Crippen LogP contribution >= 0.6 is 0 Å². The number of hydrogen-bond acceptors (Lipinski definition) is 8. The third kappa shape index (κ3) is 3.32. The van der Waals surface area contributed by atoms with Crippen molar-refractivity contribution in [1.29, 1.82) is 0 Å². The molecule has 0 bridgehead atoms. The monoisotopic (exact) mass is 378 g/mol. The molecule has 0 amide bonds. The van der Waals surface area contributed by atoms with Crippen LogP contribution in [0.2, 0.25) is 0 Å². The van der Waals surface area contributed by atoms with Crippen LogP contribution in [0.3, 0.4) is 0 Å². The molecule has 0 saturated carbocycles. The van der Waals surface area contributed by atoms with Gasteiger partial charge in [-0.2, -0.15) is 4.98 Å². The van der Waals surface area contributed by atoms with Crippen LogP contribution in [0.4, 0.5) is 17.5 Å². The number of anilines is 3. The Balaban J connectivity index is 1.30. The summed E-state index contributed by atoms with van der Waals surface area (Å²) in [4.78, 5) is 9.01. The molecule has 0 aliphatic carbocycles. The topological polar surface area (TPSA) is 86.8 Å². The summed E-state index contributed by atoms with van der Waals surface area (Å²) in [5.41, 5.74) is 2.77. The molecule has 1 aromatic heterocycles. The van der Waals surface area contributed by atoms with Gasteiger partial charge < -0.3 is 29.6 Å². The minimum Gasteiger partial charge on any atom is -0.454 e. The molecule has 0 saturated heterocycles. The molecule has 3 aromatic rings. The van der Waals surface area contributed by atoms with Crippen molar-refractivity contribution in [3.8, 4) is 23.0 Å². The molecule has 2 aromatic carbocycles. The normalized spacial score (nSPS) is 13.5. The molecule has 0 unspecified atom stereocenters. The highest BCUT2D eigenvalue weighted by Crippen LogP contribution is 2.35. The number of aromatic nitrogens is 2. The second kappa shape index (κ2) is 6.80. The molecule has 2 aliphatic rings. The van der Waals surface area contributed by atoms with E-state index in [-0.39, 0.29) is 13.6 Å². The molecule has 0 spiro atoms. The molecule has 28 heavy (non-hydrogen) atoms. The first kappa shape index (κ1) is 16.5. The van der Waals surface area contributed by atoms with Crippen LogP contribution in [-0.4, -0.2) is 23.6 Å². The van der Waals surface area contributed by atoms with Crippen LogP contribution in [0.5, 0.6) is 23.0 Å². The standard InChI is InChI=1S/C20H18N4O4/c1-12-6-19(23-14-3-5-16-18(8-14)28-11-26-16)24-20(22-12)21-9-13-2-4-15-17(7-13)27-10-25-15/h2-8H,9-11H2,1H3,(H2,21,22,23,24). The highest BCUT2D eigenvalue weighted by Gasteiger charge is 2.15. The van der Waals surface area contributed by atoms with Gasteiger partial charge in [0.25, 0.3) is 0 Å². The summed E-state index contributed by atoms with van der Waals surface area (Å²) in [6, 6.07) is 13.4. The summed E-state index contributed by atoms with van der Waals surface area (Å²) in [5.74, 6) is 4.23. The maximum Gasteiger partial charge on any atom is 0.231 e. The number of rotatable bonds is 5. The number of nitrogens with one attached hydrogen (secondary N) is 2. The molecule has 8 heteroatoms. The van der Waals surface area contributed by atoms with Crippen molar-refractivity contribution in [3.05, 3.63) is 53.7 Å². The summed E-state index contributed by atoms with van der Waals surface area (Å²) in [7, 11) is 0. The van der Waals surface area contributed by atoms with Crippen LogP contribution in [0.1, 0.15) is 11.3 Å². The summed E-state index contributed by atoms with van der Waals surface area (Å²) in [6.45, 7) is 3.02. The predicted octanol–water partition coefficient (Wildman–Crippen LogP) is 3.60. The molecule has 0 radical (unpaired) electrons. The van der Waals surface area contributed by atoms with E-state index in [2.05, 4.69) is 20.6 Å². The lowest BCUT2D eigenvalue weighted by Gasteiger charge is -2.11. The van der Waals surface area contributed by atoms with E-state index < -0.39 is 0 Å². The van der Waals surface area contributed by atoms with Crippen molar-refractivity contribution < 1.29 is 18.9 Å². The molecule has 0 fully saturated rings. The first-order valence-electron chi connectivity index (χ1n) is 8.88. The van der Waals surface area contributed by atoms with Gasteiger partial charge in [-0.15, -0.1) is 0 Å². The van der Waals surface area contributed by atoms with Gasteiger partial charge in [0.05, 0.1) is 0 Å². The van der Waals surface area contributed by atoms with E-state index in [1.54, 1.807) is 0 Å². The number of ether oxygens (including phenoxy) is 4. The Kier molecular flexibility index (Phi) is 4.01. The lowest BCUT2D eigenvalue weighted by atomic mass is 10.2. The fraction of sp³-hybridized carbons (Fsp3) is 0.200. The first-order valence-corrected chi connectivity index (χ1v) is 8.88. The van der Waals surface area contributed by atoms with Crippen molar-refractivity contribution in [2.45, 2.75) is 13.5 Å². The largest absolute Gasteiger partial charge is 0.454 e. The molecule has 2 aliphatic heterocycles. The van der Waals surface area contributed by atoms with E-state index >= 15 is 0 Å². The third-order valence-electron chi connectivity index (χ3n) is 4.39. The van der Waals surface area contributed by atoms with Gasteiger partial charge in [0, 0.05) is 30.1 Å². The molecule has 142 valence electrons. The second-order valence-corrected chi connectivity index (χ2v) is 6.45. The van der Waals surface area contributed by atoms with Crippen molar-refractivity contribution in [2.75, 3.05) is 24.2 Å². The predicted molar refractivity (Wildman–Crippen MR) is 103 cm³/mol. The van der Waals surface area contributed by atoms with E-state index in [0.29, 0.717) is 18.3 Å². The van der Waals surface area contributed by atoms with Gasteiger partial charge in [-0.05, 0) is 36.8 Å². The third-order valence-corrected chi connectivity index (χ3v) is 4.39. The highest BCUT2D eigenvalue weighted by molar-refractivity contribution is 5.62. The summed E-state index contributed by atoms with van der Waals surface area (Å²) in [5, 5.41) is 6.54. The van der Waals surface area contributed by atoms with Crippen LogP contribution in [0.15, 0.2) is 42.5 Å². The molecular weight excluding hydrogens is 360 g/mol. The Bertz CT molecular complexity index is 1040. The Hall–Kier alpha value is -3.68. The van der Waals surface area contributed by atoms with Gasteiger partial charge in [0.2, 0.25) is 19.5 Å². The minimum atomic E-state index is 0.249. The lowest BCUT2D eigenvalue weighted by molar-refractivity contribution is 0.173. The second-order valence-electron chi connectivity index (χ2n) is 6.45. The van der Waals surface area contributed by atoms with Crippen LogP contribution in [0, 0.1) is 6.92 Å². The first-order chi connectivity index (χ1) is 13.7. The van der Waals surface area contributed by atoms with Gasteiger partial charge in [-0.1, -0.05) is 6.07 Å². The van der Waals surface area contributed by atoms with Crippen LogP contribution in [0.25, 0.3) is 0 Å². The van der Waals surface area contributed by atoms with E-state index in [1.807, 2.05) is 49.4 Å². The molecule has 5 rings (SSSR count). The summed E-state index contributed by atoms with van der Waals surface area (Å²) < 4.78 is 21.5. The van der Waals surface area contributed by atoms with Crippen molar-refractivity contribution in [1.82, 2.24) is 9.97 Å². The van der Waals surface area contributed by atoms with Gasteiger partial charge in [0.1, 0.15) is 5.82 Å². The van der Waals surface area contributed by atoms with E-state index in [0.717, 1.165) is 39.9 Å². The maximum absolute atomic E-state index is 5.42. The molecular formula is C20H18N4O4. The Labute approximate surface area is 161 Å². The molecule has 0 atom stereocenters. The summed E-state index contributed by atoms with van der Waals surface area (Å²) in [6.07, 6.45) is 0. The number of benzene rings is 2. The quantitative estimate of drug-likeness (QED) is 0.696. The van der Waals surface area contributed by atoms with Gasteiger partial charge in [-0.25, -0.2) is 4.98 Å². The smallest absolute Gasteiger partial charge is 0.231 e. The van der Waals surface area contributed by atoms with E-state index in [1.165, 1.54) is 0 Å². The zero-order chi connectivity index (χ0) is 18.9. The SMILES string of the molecule is Cc1cc(Nc2ccc3c(c2)OCO3)nc(NCc2ccc3c(c2)OCO3)n1. The fourth-order valence-corrected chi connectivity index (χ4v) is 3.07. The Morgan fingerprint density at radius 1 is 0.821 bits per heavy atom. The Morgan fingerprint density at radius 2 is 1.54 bits per heavy atom. The minimum absolute atomic E-state index is 0.249. The zero-order valence-electron chi connectivity index (χ0n) is 15.2. The molecule has 2 N–H and O–H groups in total.